The molecule has 0 saturated carbocycles. The Hall–Kier alpha value is -1.09. The Morgan fingerprint density at radius 1 is 1.33 bits per heavy atom. The van der Waals surface area contributed by atoms with E-state index in [2.05, 4.69) is 0 Å². The second-order valence-corrected chi connectivity index (χ2v) is 4.27. The molecule has 0 spiro atoms. The van der Waals surface area contributed by atoms with Gasteiger partial charge in [-0.2, -0.15) is 0 Å². The molecule has 3 heteroatoms. The first-order valence-electron chi connectivity index (χ1n) is 5.64. The van der Waals surface area contributed by atoms with Crippen LogP contribution in [0.2, 0.25) is 0 Å². The molecule has 1 aliphatic rings. The van der Waals surface area contributed by atoms with Crippen LogP contribution in [0.25, 0.3) is 0 Å². The summed E-state index contributed by atoms with van der Waals surface area (Å²) in [6.45, 7) is 0.347. The molecule has 2 rings (SSSR count). The Kier molecular flexibility index (Phi) is 2.91. The van der Waals surface area contributed by atoms with E-state index in [9.17, 15) is 4.79 Å². The zero-order chi connectivity index (χ0) is 10.8. The maximum absolute atomic E-state index is 11.9. The van der Waals surface area contributed by atoms with E-state index >= 15 is 0 Å². The summed E-state index contributed by atoms with van der Waals surface area (Å²) in [5, 5.41) is 0. The Morgan fingerprint density at radius 2 is 2.07 bits per heavy atom. The van der Waals surface area contributed by atoms with Gasteiger partial charge in [0.05, 0.1) is 0 Å². The summed E-state index contributed by atoms with van der Waals surface area (Å²) in [5.41, 5.74) is 8.95. The molecule has 0 bridgehead atoms. The molecule has 0 amide bonds. The summed E-state index contributed by atoms with van der Waals surface area (Å²) in [5.74, 6) is 0. The molecule has 1 heterocycles. The van der Waals surface area contributed by atoms with Gasteiger partial charge in [-0.1, -0.05) is 6.42 Å². The van der Waals surface area contributed by atoms with Gasteiger partial charge < -0.3 is 10.3 Å². The number of aromatic nitrogens is 1. The topological polar surface area (TPSA) is 48.0 Å². The Morgan fingerprint density at radius 3 is 2.80 bits per heavy atom. The number of pyridine rings is 1. The lowest BCUT2D eigenvalue weighted by Crippen LogP contribution is -2.27. The van der Waals surface area contributed by atoms with Crippen LogP contribution in [0.3, 0.4) is 0 Å². The van der Waals surface area contributed by atoms with Crippen molar-refractivity contribution in [1.29, 1.82) is 0 Å². The maximum atomic E-state index is 11.9. The second kappa shape index (κ2) is 4.19. The van der Waals surface area contributed by atoms with Gasteiger partial charge in [0.1, 0.15) is 0 Å². The summed E-state index contributed by atoms with van der Waals surface area (Å²) < 4.78 is 1.79. The number of hydrogen-bond donors (Lipinski definition) is 1. The smallest absolute Gasteiger partial charge is 0.254 e. The van der Waals surface area contributed by atoms with Crippen LogP contribution in [0.1, 0.15) is 36.1 Å². The molecule has 15 heavy (non-hydrogen) atoms. The van der Waals surface area contributed by atoms with E-state index in [-0.39, 0.29) is 5.56 Å². The van der Waals surface area contributed by atoms with E-state index in [1.165, 1.54) is 30.5 Å². The van der Waals surface area contributed by atoms with Crippen LogP contribution in [0, 0.1) is 0 Å². The summed E-state index contributed by atoms with van der Waals surface area (Å²) in [6, 6.07) is 2.02. The zero-order valence-electron chi connectivity index (χ0n) is 9.25. The van der Waals surface area contributed by atoms with Crippen molar-refractivity contribution in [2.75, 3.05) is 0 Å². The van der Waals surface area contributed by atoms with Crippen molar-refractivity contribution in [3.05, 3.63) is 33.2 Å². The molecule has 0 saturated heterocycles. The van der Waals surface area contributed by atoms with Crippen molar-refractivity contribution in [2.45, 2.75) is 38.6 Å². The predicted octanol–water partition coefficient (Wildman–Crippen LogP) is 1.11. The molecule has 3 nitrogen and oxygen atoms in total. The minimum atomic E-state index is 0.0816. The van der Waals surface area contributed by atoms with Gasteiger partial charge in [-0.3, -0.25) is 4.79 Å². The van der Waals surface area contributed by atoms with Crippen LogP contribution in [-0.4, -0.2) is 4.57 Å². The van der Waals surface area contributed by atoms with Crippen molar-refractivity contribution in [1.82, 2.24) is 4.57 Å². The molecule has 82 valence electrons. The van der Waals surface area contributed by atoms with Crippen LogP contribution in [0.4, 0.5) is 0 Å². The van der Waals surface area contributed by atoms with Gasteiger partial charge in [0.25, 0.3) is 5.56 Å². The highest BCUT2D eigenvalue weighted by Gasteiger charge is 2.13. The number of fused-ring (bicyclic) bond motifs is 1. The quantitative estimate of drug-likeness (QED) is 0.700. The Labute approximate surface area is 89.9 Å². The highest BCUT2D eigenvalue weighted by atomic mass is 16.1. The summed E-state index contributed by atoms with van der Waals surface area (Å²) >= 11 is 0. The van der Waals surface area contributed by atoms with Gasteiger partial charge in [-0.05, 0) is 37.3 Å². The second-order valence-electron chi connectivity index (χ2n) is 4.27. The lowest BCUT2D eigenvalue weighted by molar-refractivity contribution is 0.689. The standard InChI is InChI=1S/C12H18N2O/c1-14-11-6-4-2-3-5-9(11)7-10(8-13)12(14)15/h7H,2-6,8,13H2,1H3. The third kappa shape index (κ3) is 1.84. The lowest BCUT2D eigenvalue weighted by atomic mass is 10.1. The molecular weight excluding hydrogens is 188 g/mol. The van der Waals surface area contributed by atoms with Crippen LogP contribution in [-0.2, 0) is 26.4 Å². The van der Waals surface area contributed by atoms with Crippen LogP contribution in [0.5, 0.6) is 0 Å². The Bertz CT molecular complexity index is 420. The summed E-state index contributed by atoms with van der Waals surface area (Å²) in [7, 11) is 1.87. The first kappa shape index (κ1) is 10.4. The van der Waals surface area contributed by atoms with Gasteiger partial charge in [0.2, 0.25) is 0 Å². The van der Waals surface area contributed by atoms with E-state index in [0.29, 0.717) is 6.54 Å². The maximum Gasteiger partial charge on any atom is 0.254 e. The largest absolute Gasteiger partial charge is 0.326 e. The average Bonchev–Trinajstić information content (AvgIpc) is 2.48. The van der Waals surface area contributed by atoms with Crippen molar-refractivity contribution in [3.8, 4) is 0 Å². The SMILES string of the molecule is Cn1c2c(cc(CN)c1=O)CCCCC2. The summed E-state index contributed by atoms with van der Waals surface area (Å²) in [6.07, 6.45) is 5.82. The number of nitrogens with zero attached hydrogens (tertiary/aromatic N) is 1. The minimum Gasteiger partial charge on any atom is -0.326 e. The van der Waals surface area contributed by atoms with Gasteiger partial charge in [-0.25, -0.2) is 0 Å². The molecule has 0 atom stereocenters. The van der Waals surface area contributed by atoms with Crippen LogP contribution < -0.4 is 11.3 Å². The monoisotopic (exact) mass is 206 g/mol. The highest BCUT2D eigenvalue weighted by molar-refractivity contribution is 5.28. The molecule has 1 aliphatic carbocycles. The molecule has 0 unspecified atom stereocenters. The first-order chi connectivity index (χ1) is 7.24. The molecule has 1 aromatic heterocycles. The van der Waals surface area contributed by atoms with E-state index in [1.807, 2.05) is 13.1 Å². The van der Waals surface area contributed by atoms with Gasteiger partial charge in [0.15, 0.2) is 0 Å². The highest BCUT2D eigenvalue weighted by Crippen LogP contribution is 2.19. The van der Waals surface area contributed by atoms with Crippen molar-refractivity contribution < 1.29 is 0 Å². The van der Waals surface area contributed by atoms with Crippen molar-refractivity contribution in [2.24, 2.45) is 12.8 Å². The van der Waals surface area contributed by atoms with E-state index in [4.69, 9.17) is 5.73 Å². The van der Waals surface area contributed by atoms with Gasteiger partial charge in [0, 0.05) is 24.8 Å². The van der Waals surface area contributed by atoms with E-state index < -0.39 is 0 Å². The third-order valence-electron chi connectivity index (χ3n) is 3.28. The fourth-order valence-corrected chi connectivity index (χ4v) is 2.38. The van der Waals surface area contributed by atoms with Crippen molar-refractivity contribution >= 4 is 0 Å². The minimum absolute atomic E-state index is 0.0816. The third-order valence-corrected chi connectivity index (χ3v) is 3.28. The lowest BCUT2D eigenvalue weighted by Gasteiger charge is -2.13. The molecule has 2 N–H and O–H groups in total. The summed E-state index contributed by atoms with van der Waals surface area (Å²) in [4.78, 5) is 11.9. The first-order valence-corrected chi connectivity index (χ1v) is 5.64. The molecule has 0 aliphatic heterocycles. The fourth-order valence-electron chi connectivity index (χ4n) is 2.38. The normalized spacial score (nSPS) is 15.9. The molecule has 0 fully saturated rings. The molecule has 1 aromatic rings. The van der Waals surface area contributed by atoms with Crippen LogP contribution >= 0.6 is 0 Å². The predicted molar refractivity (Wildman–Crippen MR) is 60.8 cm³/mol. The number of rotatable bonds is 1. The van der Waals surface area contributed by atoms with Crippen molar-refractivity contribution in [3.63, 3.8) is 0 Å². The number of hydrogen-bond acceptors (Lipinski definition) is 2. The van der Waals surface area contributed by atoms with E-state index in [1.54, 1.807) is 4.57 Å². The fraction of sp³-hybridized carbons (Fsp3) is 0.583. The Balaban J connectivity index is 2.58. The molecule has 0 aromatic carbocycles. The van der Waals surface area contributed by atoms with Gasteiger partial charge in [-0.15, -0.1) is 0 Å². The number of nitrogens with two attached hydrogens (primary N) is 1. The van der Waals surface area contributed by atoms with Crippen LogP contribution in [0.15, 0.2) is 10.9 Å². The molecule has 0 radical (unpaired) electrons. The molecular formula is C12H18N2O. The number of aryl methyl sites for hydroxylation is 1. The zero-order valence-corrected chi connectivity index (χ0v) is 9.25. The van der Waals surface area contributed by atoms with Gasteiger partial charge >= 0.3 is 0 Å². The average molecular weight is 206 g/mol. The van der Waals surface area contributed by atoms with E-state index in [0.717, 1.165) is 18.4 Å².